The van der Waals surface area contributed by atoms with E-state index in [2.05, 4.69) is 34.1 Å². The van der Waals surface area contributed by atoms with Gasteiger partial charge in [0.1, 0.15) is 5.15 Å². The molecule has 104 valence electrons. The Labute approximate surface area is 124 Å². The van der Waals surface area contributed by atoms with Crippen LogP contribution in [-0.4, -0.2) is 29.6 Å². The highest BCUT2D eigenvalue weighted by Crippen LogP contribution is 2.23. The van der Waals surface area contributed by atoms with E-state index >= 15 is 0 Å². The van der Waals surface area contributed by atoms with Gasteiger partial charge in [0.2, 0.25) is 0 Å². The van der Waals surface area contributed by atoms with E-state index in [1.165, 1.54) is 11.1 Å². The molecule has 3 nitrogen and oxygen atoms in total. The number of hydrogen-bond donors (Lipinski definition) is 0. The van der Waals surface area contributed by atoms with Crippen LogP contribution in [0, 0.1) is 0 Å². The Morgan fingerprint density at radius 2 is 2.05 bits per heavy atom. The predicted octanol–water partition coefficient (Wildman–Crippen LogP) is 3.31. The molecule has 0 spiro atoms. The molecule has 0 amide bonds. The van der Waals surface area contributed by atoms with Gasteiger partial charge in [0.15, 0.2) is 0 Å². The molecule has 4 heteroatoms. The Bertz CT molecular complexity index is 544. The molecule has 1 atom stereocenters. The van der Waals surface area contributed by atoms with Crippen LogP contribution in [0.1, 0.15) is 17.2 Å². The van der Waals surface area contributed by atoms with Crippen LogP contribution in [0.5, 0.6) is 0 Å². The zero-order chi connectivity index (χ0) is 13.8. The van der Waals surface area contributed by atoms with Crippen LogP contribution in [0.2, 0.25) is 5.15 Å². The number of morpholine rings is 1. The summed E-state index contributed by atoms with van der Waals surface area (Å²) >= 11 is 5.81. The lowest BCUT2D eigenvalue weighted by Gasteiger charge is -2.33. The number of hydrogen-bond acceptors (Lipinski definition) is 3. The van der Waals surface area contributed by atoms with Crippen molar-refractivity contribution in [1.82, 2.24) is 9.88 Å². The molecule has 0 bridgehead atoms. The van der Waals surface area contributed by atoms with Crippen LogP contribution in [-0.2, 0) is 11.3 Å². The van der Waals surface area contributed by atoms with Gasteiger partial charge in [-0.25, -0.2) is 4.98 Å². The fourth-order valence-electron chi connectivity index (χ4n) is 2.47. The van der Waals surface area contributed by atoms with Gasteiger partial charge < -0.3 is 4.74 Å². The molecule has 1 fully saturated rings. The predicted molar refractivity (Wildman–Crippen MR) is 79.7 cm³/mol. The molecule has 1 unspecified atom stereocenters. The van der Waals surface area contributed by atoms with Crippen molar-refractivity contribution in [2.75, 3.05) is 19.7 Å². The molecule has 1 aromatic heterocycles. The zero-order valence-electron chi connectivity index (χ0n) is 11.2. The second-order valence-corrected chi connectivity index (χ2v) is 5.38. The Morgan fingerprint density at radius 3 is 2.80 bits per heavy atom. The minimum Gasteiger partial charge on any atom is -0.371 e. The molecule has 0 aliphatic carbocycles. The molecular formula is C16H17ClN2O. The minimum absolute atomic E-state index is 0.158. The van der Waals surface area contributed by atoms with E-state index in [0.717, 1.165) is 26.2 Å². The normalized spacial score (nSPS) is 19.9. The molecule has 20 heavy (non-hydrogen) atoms. The van der Waals surface area contributed by atoms with Gasteiger partial charge in [-0.15, -0.1) is 0 Å². The number of aromatic nitrogens is 1. The van der Waals surface area contributed by atoms with Gasteiger partial charge in [0, 0.05) is 25.8 Å². The molecule has 2 aromatic rings. The van der Waals surface area contributed by atoms with Crippen molar-refractivity contribution in [2.45, 2.75) is 12.6 Å². The smallest absolute Gasteiger partial charge is 0.129 e. The molecule has 2 heterocycles. The average Bonchev–Trinajstić information content (AvgIpc) is 2.51. The van der Waals surface area contributed by atoms with Gasteiger partial charge in [-0.3, -0.25) is 4.90 Å². The van der Waals surface area contributed by atoms with Crippen LogP contribution >= 0.6 is 11.6 Å². The summed E-state index contributed by atoms with van der Waals surface area (Å²) in [4.78, 5) is 6.52. The molecule has 0 radical (unpaired) electrons. The molecule has 3 rings (SSSR count). The quantitative estimate of drug-likeness (QED) is 0.810. The second-order valence-electron chi connectivity index (χ2n) is 4.99. The number of halogens is 1. The van der Waals surface area contributed by atoms with E-state index in [4.69, 9.17) is 16.3 Å². The van der Waals surface area contributed by atoms with Crippen molar-refractivity contribution in [1.29, 1.82) is 0 Å². The average molecular weight is 289 g/mol. The first-order chi connectivity index (χ1) is 9.81. The Kier molecular flexibility index (Phi) is 4.31. The first-order valence-electron chi connectivity index (χ1n) is 6.80. The highest BCUT2D eigenvalue weighted by atomic mass is 35.5. The maximum absolute atomic E-state index is 5.87. The maximum atomic E-state index is 5.87. The van der Waals surface area contributed by atoms with Crippen LogP contribution < -0.4 is 0 Å². The standard InChI is InChI=1S/C16H17ClN2O/c17-16-7-6-13(10-18-16)11-19-8-9-20-15(12-19)14-4-2-1-3-5-14/h1-7,10,15H,8-9,11-12H2. The van der Waals surface area contributed by atoms with Crippen molar-refractivity contribution in [2.24, 2.45) is 0 Å². The Morgan fingerprint density at radius 1 is 1.20 bits per heavy atom. The third-order valence-electron chi connectivity index (χ3n) is 3.52. The van der Waals surface area contributed by atoms with E-state index in [-0.39, 0.29) is 6.10 Å². The highest BCUT2D eigenvalue weighted by molar-refractivity contribution is 6.29. The van der Waals surface area contributed by atoms with Crippen molar-refractivity contribution in [3.05, 3.63) is 64.9 Å². The second kappa shape index (κ2) is 6.35. The summed E-state index contributed by atoms with van der Waals surface area (Å²) in [6, 6.07) is 14.3. The number of pyridine rings is 1. The summed E-state index contributed by atoms with van der Waals surface area (Å²) in [7, 11) is 0. The molecule has 0 N–H and O–H groups in total. The maximum Gasteiger partial charge on any atom is 0.129 e. The van der Waals surface area contributed by atoms with Gasteiger partial charge >= 0.3 is 0 Å². The Hall–Kier alpha value is -1.42. The van der Waals surface area contributed by atoms with Gasteiger partial charge in [0.25, 0.3) is 0 Å². The van der Waals surface area contributed by atoms with Gasteiger partial charge in [0.05, 0.1) is 12.7 Å². The van der Waals surface area contributed by atoms with Crippen LogP contribution in [0.4, 0.5) is 0 Å². The molecule has 1 saturated heterocycles. The van der Waals surface area contributed by atoms with Gasteiger partial charge in [-0.2, -0.15) is 0 Å². The molecule has 1 aromatic carbocycles. The third-order valence-corrected chi connectivity index (χ3v) is 3.74. The van der Waals surface area contributed by atoms with E-state index in [9.17, 15) is 0 Å². The lowest BCUT2D eigenvalue weighted by Crippen LogP contribution is -2.37. The largest absolute Gasteiger partial charge is 0.371 e. The lowest BCUT2D eigenvalue weighted by molar-refractivity contribution is -0.0329. The first-order valence-corrected chi connectivity index (χ1v) is 7.18. The summed E-state index contributed by atoms with van der Waals surface area (Å²) in [5.41, 5.74) is 2.43. The summed E-state index contributed by atoms with van der Waals surface area (Å²) < 4.78 is 5.87. The minimum atomic E-state index is 0.158. The number of nitrogens with zero attached hydrogens (tertiary/aromatic N) is 2. The van der Waals surface area contributed by atoms with E-state index in [1.807, 2.05) is 24.4 Å². The number of ether oxygens (including phenoxy) is 1. The molecule has 1 aliphatic heterocycles. The zero-order valence-corrected chi connectivity index (χ0v) is 12.0. The molecule has 0 saturated carbocycles. The number of rotatable bonds is 3. The topological polar surface area (TPSA) is 25.4 Å². The fraction of sp³-hybridized carbons (Fsp3) is 0.312. The van der Waals surface area contributed by atoms with Crippen LogP contribution in [0.25, 0.3) is 0 Å². The van der Waals surface area contributed by atoms with Crippen LogP contribution in [0.3, 0.4) is 0 Å². The van der Waals surface area contributed by atoms with Gasteiger partial charge in [-0.1, -0.05) is 48.0 Å². The summed E-state index contributed by atoms with van der Waals surface area (Å²) in [6.07, 6.45) is 2.00. The van der Waals surface area contributed by atoms with E-state index < -0.39 is 0 Å². The first kappa shape index (κ1) is 13.6. The summed E-state index contributed by atoms with van der Waals surface area (Å²) in [6.45, 7) is 3.51. The van der Waals surface area contributed by atoms with Gasteiger partial charge in [-0.05, 0) is 17.2 Å². The summed E-state index contributed by atoms with van der Waals surface area (Å²) in [5.74, 6) is 0. The van der Waals surface area contributed by atoms with Crippen LogP contribution in [0.15, 0.2) is 48.7 Å². The van der Waals surface area contributed by atoms with Crippen molar-refractivity contribution in [3.8, 4) is 0 Å². The molecular weight excluding hydrogens is 272 g/mol. The Balaban J connectivity index is 1.65. The number of benzene rings is 1. The van der Waals surface area contributed by atoms with E-state index in [1.54, 1.807) is 0 Å². The monoisotopic (exact) mass is 288 g/mol. The highest BCUT2D eigenvalue weighted by Gasteiger charge is 2.21. The molecule has 1 aliphatic rings. The van der Waals surface area contributed by atoms with Crippen molar-refractivity contribution >= 4 is 11.6 Å². The van der Waals surface area contributed by atoms with E-state index in [0.29, 0.717) is 5.15 Å². The van der Waals surface area contributed by atoms with Crippen molar-refractivity contribution < 1.29 is 4.74 Å². The lowest BCUT2D eigenvalue weighted by atomic mass is 10.1. The fourth-order valence-corrected chi connectivity index (χ4v) is 2.59. The third kappa shape index (κ3) is 3.37. The van der Waals surface area contributed by atoms with Crippen molar-refractivity contribution in [3.63, 3.8) is 0 Å². The SMILES string of the molecule is Clc1ccc(CN2CCOC(c3ccccc3)C2)cn1. The summed E-state index contributed by atoms with van der Waals surface area (Å²) in [5, 5.41) is 0.540.